The molecule has 9 rings (SSSR count). The zero-order valence-corrected chi connectivity index (χ0v) is 41.3. The maximum Gasteiger partial charge on any atom is 0.254 e. The van der Waals surface area contributed by atoms with Gasteiger partial charge in [-0.25, -0.2) is 18.3 Å². The van der Waals surface area contributed by atoms with Crippen molar-refractivity contribution >= 4 is 41.2 Å². The Morgan fingerprint density at radius 2 is 1.73 bits per heavy atom. The third kappa shape index (κ3) is 11.6. The number of benzene rings is 2. The van der Waals surface area contributed by atoms with Gasteiger partial charge in [-0.1, -0.05) is 12.1 Å². The minimum absolute atomic E-state index is 0.114. The summed E-state index contributed by atoms with van der Waals surface area (Å²) in [5.41, 5.74) is 4.01. The zero-order valence-electron chi connectivity index (χ0n) is 41.3. The van der Waals surface area contributed by atoms with Crippen LogP contribution >= 0.6 is 0 Å². The number of likely N-dealkylation sites (tertiary alicyclic amines) is 1. The van der Waals surface area contributed by atoms with E-state index in [9.17, 15) is 38.0 Å². The first-order valence-corrected chi connectivity index (χ1v) is 25.2. The smallest absolute Gasteiger partial charge is 0.254 e. The second kappa shape index (κ2) is 22.3. The van der Waals surface area contributed by atoms with Gasteiger partial charge in [0.05, 0.1) is 47.2 Å². The Morgan fingerprint density at radius 3 is 2.42 bits per heavy atom. The molecule has 4 aliphatic heterocycles. The van der Waals surface area contributed by atoms with Crippen molar-refractivity contribution in [3.63, 3.8) is 0 Å². The van der Waals surface area contributed by atoms with Crippen molar-refractivity contribution in [1.82, 2.24) is 44.8 Å². The van der Waals surface area contributed by atoms with Crippen LogP contribution in [0.5, 0.6) is 5.75 Å². The van der Waals surface area contributed by atoms with Crippen LogP contribution in [0.1, 0.15) is 95.2 Å². The highest BCUT2D eigenvalue weighted by Crippen LogP contribution is 2.34. The number of fused-ring (bicyclic) bond motifs is 1. The standard InChI is InChI=1S/C54H61F2N11O6/c1-3-73-43-28-44(51-41(29-57)31-59-67(51)33-43)38-6-10-48(58-30-38)65-20-15-54(16-21-65,61-52(71)45-27-42(55)7-8-46(45)56)35-64-24-22-63(23-25-64)17-14-50(70)66-18-12-36(13-19-66)37-4-5-39(40(26-37)34-68)32-62(2)47-9-11-49(69)60-53(47)72/h4-8,10,26-28,30-31,33-34,36,47H,3,9,11-25,32,35H2,1-2H3,(H,61,71)(H,60,69,72). The quantitative estimate of drug-likeness (QED) is 0.0974. The number of piperazine rings is 1. The van der Waals surface area contributed by atoms with Gasteiger partial charge < -0.3 is 24.8 Å². The average Bonchev–Trinajstić information content (AvgIpc) is 3.82. The number of piperidine rings is 3. The van der Waals surface area contributed by atoms with E-state index in [-0.39, 0.29) is 35.6 Å². The van der Waals surface area contributed by atoms with Crippen LogP contribution in [0, 0.1) is 23.0 Å². The van der Waals surface area contributed by atoms with E-state index in [4.69, 9.17) is 9.72 Å². The van der Waals surface area contributed by atoms with Crippen molar-refractivity contribution in [1.29, 1.82) is 5.26 Å². The minimum atomic E-state index is -0.793. The lowest BCUT2D eigenvalue weighted by molar-refractivity contribution is -0.137. The molecule has 2 N–H and O–H groups in total. The molecule has 17 nitrogen and oxygen atoms in total. The van der Waals surface area contributed by atoms with Crippen molar-refractivity contribution in [3.05, 3.63) is 113 Å². The Bertz CT molecular complexity index is 2900. The van der Waals surface area contributed by atoms with Crippen molar-refractivity contribution < 1.29 is 37.5 Å². The predicted octanol–water partition coefficient (Wildman–Crippen LogP) is 5.18. The summed E-state index contributed by atoms with van der Waals surface area (Å²) in [6, 6.07) is 16.4. The SMILES string of the molecule is CCOc1cc(-c2ccc(N3CCC(CN4CCN(CCC(=O)N5CCC(c6ccc(CN(C)C7CCC(=O)NC7=O)c(C=O)c6)CC5)CC4)(NC(=O)c4cc(F)ccc4F)CC3)nc2)c2c(C#N)cnn2c1. The van der Waals surface area contributed by atoms with Gasteiger partial charge in [-0.15, -0.1) is 0 Å². The summed E-state index contributed by atoms with van der Waals surface area (Å²) < 4.78 is 36.7. The lowest BCUT2D eigenvalue weighted by Crippen LogP contribution is -2.62. The number of nitriles is 1. The van der Waals surface area contributed by atoms with Crippen LogP contribution in [0.4, 0.5) is 14.6 Å². The number of aldehydes is 1. The number of nitrogens with zero attached hydrogens (tertiary/aromatic N) is 9. The van der Waals surface area contributed by atoms with Crippen LogP contribution in [0.2, 0.25) is 0 Å². The van der Waals surface area contributed by atoms with Gasteiger partial charge in [0, 0.05) is 108 Å². The van der Waals surface area contributed by atoms with Gasteiger partial charge in [-0.05, 0) is 106 Å². The molecule has 0 spiro atoms. The Kier molecular flexibility index (Phi) is 15.5. The molecule has 3 aromatic heterocycles. The molecule has 382 valence electrons. The lowest BCUT2D eigenvalue weighted by atomic mass is 9.86. The maximum absolute atomic E-state index is 14.9. The molecule has 19 heteroatoms. The van der Waals surface area contributed by atoms with Crippen LogP contribution in [0.15, 0.2) is 73.2 Å². The number of likely N-dealkylation sites (N-methyl/N-ethyl adjacent to an activating group) is 1. The fourth-order valence-corrected chi connectivity index (χ4v) is 10.9. The molecule has 7 heterocycles. The maximum atomic E-state index is 14.9. The number of ether oxygens (including phenoxy) is 1. The Balaban J connectivity index is 0.777. The Labute approximate surface area is 423 Å². The third-order valence-electron chi connectivity index (χ3n) is 15.1. The van der Waals surface area contributed by atoms with Crippen molar-refractivity contribution in [3.8, 4) is 22.9 Å². The molecular weight excluding hydrogens is 937 g/mol. The van der Waals surface area contributed by atoms with E-state index in [2.05, 4.69) is 36.5 Å². The van der Waals surface area contributed by atoms with Crippen LogP contribution in [-0.4, -0.2) is 155 Å². The van der Waals surface area contributed by atoms with Crippen molar-refractivity contribution in [2.75, 3.05) is 84.0 Å². The molecule has 0 aliphatic carbocycles. The number of rotatable bonds is 16. The largest absolute Gasteiger partial charge is 0.492 e. The summed E-state index contributed by atoms with van der Waals surface area (Å²) >= 11 is 0. The first-order valence-electron chi connectivity index (χ1n) is 25.2. The molecule has 0 bridgehead atoms. The third-order valence-corrected chi connectivity index (χ3v) is 15.1. The highest BCUT2D eigenvalue weighted by molar-refractivity contribution is 6.00. The summed E-state index contributed by atoms with van der Waals surface area (Å²) in [7, 11) is 1.82. The van der Waals surface area contributed by atoms with E-state index in [0.29, 0.717) is 114 Å². The second-order valence-electron chi connectivity index (χ2n) is 19.7. The summed E-state index contributed by atoms with van der Waals surface area (Å²) in [5, 5.41) is 19.7. The second-order valence-corrected chi connectivity index (χ2v) is 19.7. The molecule has 2 aromatic carbocycles. The first-order chi connectivity index (χ1) is 35.3. The molecule has 1 unspecified atom stereocenters. The molecule has 1 atom stereocenters. The lowest BCUT2D eigenvalue weighted by Gasteiger charge is -2.46. The van der Waals surface area contributed by atoms with Gasteiger partial charge in [0.1, 0.15) is 35.6 Å². The number of halogens is 2. The molecule has 4 aliphatic rings. The fraction of sp³-hybridized carbons (Fsp3) is 0.444. The number of carbonyl (C=O) groups is 5. The number of pyridine rings is 2. The molecular formula is C54H61F2N11O6. The summed E-state index contributed by atoms with van der Waals surface area (Å²) in [5.74, 6) is -1.06. The van der Waals surface area contributed by atoms with E-state index >= 15 is 0 Å². The number of amides is 4. The number of imide groups is 1. The summed E-state index contributed by atoms with van der Waals surface area (Å²) in [6.45, 7) is 9.10. The van der Waals surface area contributed by atoms with Gasteiger partial charge in [0.15, 0.2) is 0 Å². The van der Waals surface area contributed by atoms with Crippen LogP contribution in [0.3, 0.4) is 0 Å². The first kappa shape index (κ1) is 50.8. The molecule has 5 aromatic rings. The van der Waals surface area contributed by atoms with Gasteiger partial charge in [-0.3, -0.25) is 39.1 Å². The average molecular weight is 998 g/mol. The van der Waals surface area contributed by atoms with Gasteiger partial charge in [0.25, 0.3) is 5.91 Å². The molecule has 73 heavy (non-hydrogen) atoms. The zero-order chi connectivity index (χ0) is 51.2. The molecule has 0 radical (unpaired) electrons. The number of aromatic nitrogens is 3. The Morgan fingerprint density at radius 1 is 0.959 bits per heavy atom. The number of carbonyl (C=O) groups excluding carboxylic acids is 5. The number of hydrogen-bond donors (Lipinski definition) is 2. The van der Waals surface area contributed by atoms with Gasteiger partial charge in [-0.2, -0.15) is 10.4 Å². The van der Waals surface area contributed by atoms with E-state index in [0.717, 1.165) is 78.5 Å². The minimum Gasteiger partial charge on any atom is -0.492 e. The number of hydrogen-bond acceptors (Lipinski definition) is 13. The molecule has 4 fully saturated rings. The van der Waals surface area contributed by atoms with Crippen molar-refractivity contribution in [2.45, 2.75) is 75.9 Å². The summed E-state index contributed by atoms with van der Waals surface area (Å²) in [6.07, 6.45) is 9.63. The highest BCUT2D eigenvalue weighted by atomic mass is 19.1. The molecule has 4 amide bonds. The van der Waals surface area contributed by atoms with E-state index in [1.165, 1.54) is 6.20 Å². The van der Waals surface area contributed by atoms with Crippen LogP contribution in [-0.2, 0) is 20.9 Å². The highest BCUT2D eigenvalue weighted by Gasteiger charge is 2.40. The van der Waals surface area contributed by atoms with Crippen molar-refractivity contribution in [2.24, 2.45) is 0 Å². The Hall–Kier alpha value is -7.14. The topological polar surface area (TPSA) is 189 Å². The van der Waals surface area contributed by atoms with Gasteiger partial charge in [0.2, 0.25) is 17.7 Å². The predicted molar refractivity (Wildman–Crippen MR) is 268 cm³/mol. The molecule has 4 saturated heterocycles. The molecule has 0 saturated carbocycles. The van der Waals surface area contributed by atoms with E-state index in [1.807, 2.05) is 60.2 Å². The van der Waals surface area contributed by atoms with Crippen LogP contribution in [0.25, 0.3) is 16.6 Å². The fourth-order valence-electron chi connectivity index (χ4n) is 10.9. The van der Waals surface area contributed by atoms with E-state index < -0.39 is 29.1 Å². The van der Waals surface area contributed by atoms with Gasteiger partial charge >= 0.3 is 0 Å². The van der Waals surface area contributed by atoms with Crippen LogP contribution < -0.4 is 20.3 Å². The number of anilines is 1. The van der Waals surface area contributed by atoms with E-state index in [1.54, 1.807) is 16.9 Å². The number of nitrogens with one attached hydrogen (secondary N) is 2. The normalized spacial score (nSPS) is 18.9. The summed E-state index contributed by atoms with van der Waals surface area (Å²) in [4.78, 5) is 78.8. The monoisotopic (exact) mass is 997 g/mol.